The van der Waals surface area contributed by atoms with E-state index in [-0.39, 0.29) is 17.7 Å². The molecule has 1 aromatic rings. The van der Waals surface area contributed by atoms with Gasteiger partial charge in [0.1, 0.15) is 5.69 Å². The van der Waals surface area contributed by atoms with E-state index in [1.54, 1.807) is 11.0 Å². The van der Waals surface area contributed by atoms with Gasteiger partial charge < -0.3 is 9.80 Å². The summed E-state index contributed by atoms with van der Waals surface area (Å²) < 4.78 is 0. The molecule has 0 radical (unpaired) electrons. The Balaban J connectivity index is 0.000000671. The lowest BCUT2D eigenvalue weighted by molar-refractivity contribution is -0.147. The van der Waals surface area contributed by atoms with Gasteiger partial charge in [-0.1, -0.05) is 40.7 Å². The van der Waals surface area contributed by atoms with Crippen molar-refractivity contribution >= 4 is 11.8 Å². The van der Waals surface area contributed by atoms with Crippen LogP contribution < -0.4 is 0 Å². The third-order valence-electron chi connectivity index (χ3n) is 4.00. The first-order valence-corrected chi connectivity index (χ1v) is 9.19. The van der Waals surface area contributed by atoms with E-state index in [2.05, 4.69) is 4.98 Å². The second-order valence-corrected chi connectivity index (χ2v) is 5.63. The Hall–Kier alpha value is -1.91. The van der Waals surface area contributed by atoms with Crippen molar-refractivity contribution in [3.8, 4) is 0 Å². The van der Waals surface area contributed by atoms with Gasteiger partial charge in [-0.25, -0.2) is 4.98 Å². The Labute approximate surface area is 146 Å². The molecule has 2 aliphatic rings. The molecule has 2 fully saturated rings. The van der Waals surface area contributed by atoms with Gasteiger partial charge in [0, 0.05) is 19.6 Å². The molecule has 2 aliphatic heterocycles. The average Bonchev–Trinajstić information content (AvgIpc) is 3.19. The molecule has 5 heteroatoms. The maximum atomic E-state index is 12.3. The molecule has 2 amide bonds. The first-order valence-electron chi connectivity index (χ1n) is 9.19. The van der Waals surface area contributed by atoms with Crippen LogP contribution in [0.25, 0.3) is 0 Å². The number of hydrogen-bond acceptors (Lipinski definition) is 3. The van der Waals surface area contributed by atoms with E-state index >= 15 is 0 Å². The monoisotopic (exact) mass is 333 g/mol. The lowest BCUT2D eigenvalue weighted by Gasteiger charge is -2.36. The summed E-state index contributed by atoms with van der Waals surface area (Å²) in [6, 6.07) is 5.47. The number of nitrogens with zero attached hydrogens (tertiary/aromatic N) is 3. The highest BCUT2D eigenvalue weighted by Gasteiger charge is 2.32. The average molecular weight is 333 g/mol. The van der Waals surface area contributed by atoms with Crippen LogP contribution in [0.4, 0.5) is 0 Å². The first-order chi connectivity index (χ1) is 11.6. The molecule has 5 nitrogen and oxygen atoms in total. The van der Waals surface area contributed by atoms with E-state index < -0.39 is 0 Å². The topological polar surface area (TPSA) is 53.5 Å². The summed E-state index contributed by atoms with van der Waals surface area (Å²) >= 11 is 0. The molecule has 3 heterocycles. The maximum absolute atomic E-state index is 12.3. The van der Waals surface area contributed by atoms with Gasteiger partial charge in [-0.15, -0.1) is 0 Å². The van der Waals surface area contributed by atoms with Crippen molar-refractivity contribution in [3.05, 3.63) is 29.6 Å². The van der Waals surface area contributed by atoms with Gasteiger partial charge in [-0.3, -0.25) is 9.59 Å². The molecule has 2 saturated heterocycles. The van der Waals surface area contributed by atoms with E-state index in [1.807, 2.05) is 51.7 Å². The van der Waals surface area contributed by atoms with Gasteiger partial charge in [0.25, 0.3) is 5.91 Å². The highest BCUT2D eigenvalue weighted by Crippen LogP contribution is 2.19. The fourth-order valence-electron chi connectivity index (χ4n) is 2.80. The van der Waals surface area contributed by atoms with Crippen molar-refractivity contribution in [2.45, 2.75) is 54.0 Å². The van der Waals surface area contributed by atoms with E-state index in [9.17, 15) is 9.59 Å². The predicted octanol–water partition coefficient (Wildman–Crippen LogP) is 3.35. The van der Waals surface area contributed by atoms with Gasteiger partial charge >= 0.3 is 0 Å². The molecule has 134 valence electrons. The minimum atomic E-state index is 0.00709. The summed E-state index contributed by atoms with van der Waals surface area (Å²) in [4.78, 5) is 31.9. The molecule has 1 aromatic heterocycles. The number of pyridine rings is 1. The molecular weight excluding hydrogens is 302 g/mol. The summed E-state index contributed by atoms with van der Waals surface area (Å²) in [6.45, 7) is 12.9. The van der Waals surface area contributed by atoms with Crippen LogP contribution in [0.3, 0.4) is 0 Å². The van der Waals surface area contributed by atoms with Gasteiger partial charge in [-0.2, -0.15) is 0 Å². The molecule has 24 heavy (non-hydrogen) atoms. The van der Waals surface area contributed by atoms with E-state index in [0.717, 1.165) is 38.2 Å². The molecule has 0 N–H and O–H groups in total. The number of carbonyl (C=O) groups is 2. The van der Waals surface area contributed by atoms with E-state index in [4.69, 9.17) is 0 Å². The van der Waals surface area contributed by atoms with Crippen LogP contribution in [0.2, 0.25) is 0 Å². The number of rotatable bonds is 3. The summed E-state index contributed by atoms with van der Waals surface area (Å²) in [5.74, 6) is 0.306. The lowest BCUT2D eigenvalue weighted by atomic mass is 10.0. The zero-order chi connectivity index (χ0) is 18.1. The fourth-order valence-corrected chi connectivity index (χ4v) is 2.80. The lowest BCUT2D eigenvalue weighted by Crippen LogP contribution is -2.50. The summed E-state index contributed by atoms with van der Waals surface area (Å²) in [6.07, 6.45) is 2.15. The number of β-lactam (4-membered cyclic amide) rings is 1. The van der Waals surface area contributed by atoms with Crippen molar-refractivity contribution in [2.75, 3.05) is 19.6 Å². The molecule has 0 saturated carbocycles. The van der Waals surface area contributed by atoms with Crippen LogP contribution in [0.15, 0.2) is 18.2 Å². The zero-order valence-electron chi connectivity index (χ0n) is 15.7. The number of likely N-dealkylation sites (tertiary alicyclic amines) is 2. The van der Waals surface area contributed by atoms with Crippen molar-refractivity contribution in [1.29, 1.82) is 0 Å². The van der Waals surface area contributed by atoms with Crippen LogP contribution in [0, 0.1) is 5.92 Å². The zero-order valence-corrected chi connectivity index (χ0v) is 15.7. The van der Waals surface area contributed by atoms with Crippen molar-refractivity contribution < 1.29 is 9.59 Å². The summed E-state index contributed by atoms with van der Waals surface area (Å²) in [5.41, 5.74) is 1.28. The minimum absolute atomic E-state index is 0.00709. The molecule has 1 unspecified atom stereocenters. The SMILES string of the molecule is CC.CC.CC1CN(Cc2cccc(C(=O)N3CCCC3)n2)C1=O. The normalized spacial score (nSPS) is 18.9. The number of carbonyl (C=O) groups excluding carboxylic acids is 2. The van der Waals surface area contributed by atoms with Crippen LogP contribution in [0.5, 0.6) is 0 Å². The van der Waals surface area contributed by atoms with Gasteiger partial charge in [0.05, 0.1) is 18.2 Å². The van der Waals surface area contributed by atoms with Crippen LogP contribution >= 0.6 is 0 Å². The fraction of sp³-hybridized carbons (Fsp3) is 0.632. The predicted molar refractivity (Wildman–Crippen MR) is 96.7 cm³/mol. The molecule has 0 aliphatic carbocycles. The molecule has 0 aromatic carbocycles. The second-order valence-electron chi connectivity index (χ2n) is 5.63. The molecule has 1 atom stereocenters. The van der Waals surface area contributed by atoms with Crippen LogP contribution in [-0.2, 0) is 11.3 Å². The summed E-state index contributed by atoms with van der Waals surface area (Å²) in [5, 5.41) is 0. The minimum Gasteiger partial charge on any atom is -0.337 e. The number of amides is 2. The Bertz CT molecular complexity index is 539. The Morgan fingerprint density at radius 1 is 1.17 bits per heavy atom. The number of hydrogen-bond donors (Lipinski definition) is 0. The Morgan fingerprint density at radius 2 is 1.79 bits per heavy atom. The van der Waals surface area contributed by atoms with Crippen molar-refractivity contribution in [1.82, 2.24) is 14.8 Å². The highest BCUT2D eigenvalue weighted by molar-refractivity contribution is 5.92. The van der Waals surface area contributed by atoms with Crippen molar-refractivity contribution in [2.24, 2.45) is 5.92 Å². The van der Waals surface area contributed by atoms with Crippen LogP contribution in [-0.4, -0.2) is 46.2 Å². The maximum Gasteiger partial charge on any atom is 0.272 e. The smallest absolute Gasteiger partial charge is 0.272 e. The van der Waals surface area contributed by atoms with Gasteiger partial charge in [-0.05, 0) is 25.0 Å². The third-order valence-corrected chi connectivity index (χ3v) is 4.00. The molecular formula is C19H31N3O2. The van der Waals surface area contributed by atoms with Gasteiger partial charge in [0.2, 0.25) is 5.91 Å². The largest absolute Gasteiger partial charge is 0.337 e. The molecule has 3 rings (SSSR count). The van der Waals surface area contributed by atoms with Gasteiger partial charge in [0.15, 0.2) is 0 Å². The highest BCUT2D eigenvalue weighted by atomic mass is 16.2. The molecule has 0 spiro atoms. The van der Waals surface area contributed by atoms with E-state index in [0.29, 0.717) is 12.2 Å². The quantitative estimate of drug-likeness (QED) is 0.797. The summed E-state index contributed by atoms with van der Waals surface area (Å²) in [7, 11) is 0. The molecule has 0 bridgehead atoms. The third kappa shape index (κ3) is 4.79. The Morgan fingerprint density at radius 3 is 2.33 bits per heavy atom. The van der Waals surface area contributed by atoms with Crippen LogP contribution in [0.1, 0.15) is 63.6 Å². The van der Waals surface area contributed by atoms with Crippen molar-refractivity contribution in [3.63, 3.8) is 0 Å². The Kier molecular flexibility index (Phi) is 8.44. The number of aromatic nitrogens is 1. The second kappa shape index (κ2) is 10.1. The standard InChI is InChI=1S/C15H19N3O2.2C2H6/c1-11-9-18(14(11)19)10-12-5-4-6-13(16-12)15(20)17-7-2-3-8-17;2*1-2/h4-6,11H,2-3,7-10H2,1H3;2*1-2H3. The first kappa shape index (κ1) is 20.1. The van der Waals surface area contributed by atoms with E-state index in [1.165, 1.54) is 0 Å².